The van der Waals surface area contributed by atoms with Crippen LogP contribution in [-0.2, 0) is 10.1 Å². The number of alkyl halides is 3. The Balaban J connectivity index is 0.000000362. The van der Waals surface area contributed by atoms with Crippen molar-refractivity contribution in [3.8, 4) is 0 Å². The van der Waals surface area contributed by atoms with Gasteiger partial charge in [0.05, 0.1) is 26.2 Å². The van der Waals surface area contributed by atoms with E-state index in [1.54, 1.807) is 0 Å². The summed E-state index contributed by atoms with van der Waals surface area (Å²) in [6.45, 7) is 10.4. The molecule has 1 aliphatic heterocycles. The molecule has 116 valence electrons. The zero-order chi connectivity index (χ0) is 15.2. The Morgan fingerprint density at radius 1 is 1.05 bits per heavy atom. The van der Waals surface area contributed by atoms with Crippen LogP contribution in [0.4, 0.5) is 13.2 Å². The maximum absolute atomic E-state index is 10.7. The Labute approximate surface area is 112 Å². The fourth-order valence-corrected chi connectivity index (χ4v) is 2.51. The van der Waals surface area contributed by atoms with Crippen LogP contribution in [0, 0.1) is 0 Å². The van der Waals surface area contributed by atoms with Gasteiger partial charge in [0.2, 0.25) is 0 Å². The highest BCUT2D eigenvalue weighted by Gasteiger charge is 2.36. The number of hydrogen-bond acceptors (Lipinski definition) is 3. The second kappa shape index (κ2) is 7.44. The molecule has 0 aromatic heterocycles. The van der Waals surface area contributed by atoms with Gasteiger partial charge in [0.25, 0.3) is 0 Å². The van der Waals surface area contributed by atoms with Crippen LogP contribution in [0.5, 0.6) is 0 Å². The second-order valence-electron chi connectivity index (χ2n) is 4.84. The quantitative estimate of drug-likeness (QED) is 0.455. The molecule has 1 fully saturated rings. The van der Waals surface area contributed by atoms with Gasteiger partial charge in [-0.2, -0.15) is 13.2 Å². The lowest BCUT2D eigenvalue weighted by atomic mass is 10.3. The summed E-state index contributed by atoms with van der Waals surface area (Å²) in [6.07, 6.45) is 5.67. The predicted molar refractivity (Wildman–Crippen MR) is 65.3 cm³/mol. The molecule has 19 heavy (non-hydrogen) atoms. The van der Waals surface area contributed by atoms with Crippen LogP contribution in [0.25, 0.3) is 0 Å². The van der Waals surface area contributed by atoms with Crippen LogP contribution < -0.4 is 0 Å². The lowest BCUT2D eigenvalue weighted by Gasteiger charge is -2.33. The Morgan fingerprint density at radius 2 is 1.37 bits per heavy atom. The summed E-state index contributed by atoms with van der Waals surface area (Å²) in [5.41, 5.74) is -5.65. The smallest absolute Gasteiger partial charge is 0.485 e. The minimum absolute atomic E-state index is 1.36. The monoisotopic (exact) mass is 305 g/mol. The van der Waals surface area contributed by atoms with Gasteiger partial charge in [-0.15, -0.1) is 0 Å². The topological polar surface area (TPSA) is 57.2 Å². The normalized spacial score (nSPS) is 18.8. The second-order valence-corrected chi connectivity index (χ2v) is 6.21. The van der Waals surface area contributed by atoms with Gasteiger partial charge in [0.15, 0.2) is 10.1 Å². The molecule has 0 aliphatic carbocycles. The largest absolute Gasteiger partial charge is 0.741 e. The van der Waals surface area contributed by atoms with Crippen molar-refractivity contribution in [1.82, 2.24) is 0 Å². The third-order valence-corrected chi connectivity index (χ3v) is 3.76. The highest BCUT2D eigenvalue weighted by Crippen LogP contribution is 2.21. The molecule has 0 bridgehead atoms. The Morgan fingerprint density at radius 3 is 1.58 bits per heavy atom. The van der Waals surface area contributed by atoms with Crippen LogP contribution in [0.2, 0.25) is 0 Å². The molecule has 0 unspecified atom stereocenters. The van der Waals surface area contributed by atoms with E-state index in [9.17, 15) is 13.2 Å². The van der Waals surface area contributed by atoms with Gasteiger partial charge >= 0.3 is 5.51 Å². The summed E-state index contributed by atoms with van der Waals surface area (Å²) in [5.74, 6) is 0. The number of quaternary nitrogens is 1. The van der Waals surface area contributed by atoms with E-state index in [1.165, 1.54) is 56.3 Å². The van der Waals surface area contributed by atoms with Crippen molar-refractivity contribution in [2.24, 2.45) is 0 Å². The van der Waals surface area contributed by atoms with E-state index in [4.69, 9.17) is 13.0 Å². The van der Waals surface area contributed by atoms with Crippen molar-refractivity contribution in [2.75, 3.05) is 26.2 Å². The molecule has 0 aromatic carbocycles. The molecular weight excluding hydrogens is 283 g/mol. The first-order valence-electron chi connectivity index (χ1n) is 6.45. The molecule has 0 spiro atoms. The first-order chi connectivity index (χ1) is 8.58. The van der Waals surface area contributed by atoms with Crippen LogP contribution >= 0.6 is 0 Å². The SMILES string of the molecule is CCC[N+]1(CCC)CCCC1.O=S(=O)([O-])C(F)(F)F. The summed E-state index contributed by atoms with van der Waals surface area (Å²) < 4.78 is 60.3. The van der Waals surface area contributed by atoms with Crippen LogP contribution in [-0.4, -0.2) is 49.1 Å². The number of nitrogens with zero attached hydrogens (tertiary/aromatic N) is 1. The van der Waals surface area contributed by atoms with Crippen molar-refractivity contribution in [2.45, 2.75) is 45.0 Å². The van der Waals surface area contributed by atoms with E-state index in [1.807, 2.05) is 0 Å². The van der Waals surface area contributed by atoms with Gasteiger partial charge in [-0.05, 0) is 12.8 Å². The molecule has 1 saturated heterocycles. The minimum atomic E-state index is -6.09. The molecule has 0 atom stereocenters. The number of halogens is 3. The van der Waals surface area contributed by atoms with Crippen LogP contribution in [0.3, 0.4) is 0 Å². The first kappa shape index (κ1) is 18.7. The fourth-order valence-electron chi connectivity index (χ4n) is 2.51. The van der Waals surface area contributed by atoms with Crippen molar-refractivity contribution in [3.05, 3.63) is 0 Å². The zero-order valence-corrected chi connectivity index (χ0v) is 12.2. The van der Waals surface area contributed by atoms with E-state index in [2.05, 4.69) is 13.8 Å². The van der Waals surface area contributed by atoms with Crippen molar-refractivity contribution in [3.63, 3.8) is 0 Å². The molecule has 0 saturated carbocycles. The van der Waals surface area contributed by atoms with Gasteiger partial charge in [-0.1, -0.05) is 13.8 Å². The van der Waals surface area contributed by atoms with Crippen LogP contribution in [0.1, 0.15) is 39.5 Å². The summed E-state index contributed by atoms with van der Waals surface area (Å²) in [5, 5.41) is 0. The number of rotatable bonds is 4. The van der Waals surface area contributed by atoms with E-state index < -0.39 is 15.6 Å². The Kier molecular flexibility index (Phi) is 7.31. The highest BCUT2D eigenvalue weighted by molar-refractivity contribution is 7.86. The fraction of sp³-hybridized carbons (Fsp3) is 1.00. The third kappa shape index (κ3) is 6.58. The lowest BCUT2D eigenvalue weighted by Crippen LogP contribution is -2.46. The maximum Gasteiger partial charge on any atom is 0.485 e. The number of likely N-dealkylation sites (tertiary alicyclic amines) is 1. The van der Waals surface area contributed by atoms with Crippen molar-refractivity contribution in [1.29, 1.82) is 0 Å². The Bertz CT molecular complexity index is 341. The first-order valence-corrected chi connectivity index (χ1v) is 7.86. The average molecular weight is 305 g/mol. The molecule has 1 aliphatic rings. The summed E-state index contributed by atoms with van der Waals surface area (Å²) in [7, 11) is -6.09. The molecular formula is C11H22F3NO3S. The molecule has 0 aromatic rings. The average Bonchev–Trinajstić information content (AvgIpc) is 2.65. The molecule has 1 heterocycles. The number of hydrogen-bond donors (Lipinski definition) is 0. The zero-order valence-electron chi connectivity index (χ0n) is 11.4. The van der Waals surface area contributed by atoms with Crippen molar-refractivity contribution < 1.29 is 30.6 Å². The molecule has 0 radical (unpaired) electrons. The van der Waals surface area contributed by atoms with E-state index in [0.717, 1.165) is 0 Å². The van der Waals surface area contributed by atoms with Gasteiger partial charge in [0.1, 0.15) is 0 Å². The lowest BCUT2D eigenvalue weighted by molar-refractivity contribution is -0.916. The minimum Gasteiger partial charge on any atom is -0.741 e. The molecule has 8 heteroatoms. The molecule has 1 rings (SSSR count). The standard InChI is InChI=1S/C10H22N.CHF3O3S/c1-3-7-11(8-4-2)9-5-6-10-11;2-1(3,4)8(5,6)7/h3-10H2,1-2H3;(H,5,6,7)/q+1;/p-1. The van der Waals surface area contributed by atoms with Gasteiger partial charge in [0, 0.05) is 12.8 Å². The molecule has 4 nitrogen and oxygen atoms in total. The maximum atomic E-state index is 10.7. The molecule has 0 amide bonds. The van der Waals surface area contributed by atoms with Gasteiger partial charge in [-0.25, -0.2) is 8.42 Å². The predicted octanol–water partition coefficient (Wildman–Crippen LogP) is 2.47. The van der Waals surface area contributed by atoms with E-state index in [-0.39, 0.29) is 0 Å². The summed E-state index contributed by atoms with van der Waals surface area (Å²) >= 11 is 0. The Hall–Kier alpha value is -0.340. The third-order valence-electron chi connectivity index (χ3n) is 3.19. The molecule has 0 N–H and O–H groups in total. The van der Waals surface area contributed by atoms with E-state index in [0.29, 0.717) is 0 Å². The summed E-state index contributed by atoms with van der Waals surface area (Å²) in [6, 6.07) is 0. The summed E-state index contributed by atoms with van der Waals surface area (Å²) in [4.78, 5) is 0. The van der Waals surface area contributed by atoms with Crippen molar-refractivity contribution >= 4 is 10.1 Å². The van der Waals surface area contributed by atoms with Gasteiger partial charge in [-0.3, -0.25) is 0 Å². The van der Waals surface area contributed by atoms with Gasteiger partial charge < -0.3 is 9.04 Å². The van der Waals surface area contributed by atoms with Crippen LogP contribution in [0.15, 0.2) is 0 Å². The highest BCUT2D eigenvalue weighted by atomic mass is 32.2. The van der Waals surface area contributed by atoms with E-state index >= 15 is 0 Å².